The molecule has 60 valence electrons. The lowest BCUT2D eigenvalue weighted by atomic mass is 10.1. The highest BCUT2D eigenvalue weighted by Gasteiger charge is 2.19. The molecule has 10 heavy (non-hydrogen) atoms. The van der Waals surface area contributed by atoms with Gasteiger partial charge in [-0.3, -0.25) is 11.3 Å². The second kappa shape index (κ2) is 4.16. The summed E-state index contributed by atoms with van der Waals surface area (Å²) in [7, 11) is 0. The van der Waals surface area contributed by atoms with E-state index in [1.807, 2.05) is 0 Å². The number of hydrogen-bond acceptors (Lipinski definition) is 2. The fourth-order valence-electron chi connectivity index (χ4n) is 1.45. The summed E-state index contributed by atoms with van der Waals surface area (Å²) < 4.78 is 0. The molecule has 1 saturated carbocycles. The van der Waals surface area contributed by atoms with E-state index in [2.05, 4.69) is 5.43 Å². The fourth-order valence-corrected chi connectivity index (χ4v) is 1.80. The van der Waals surface area contributed by atoms with Gasteiger partial charge in [-0.25, -0.2) is 0 Å². The van der Waals surface area contributed by atoms with Crippen molar-refractivity contribution >= 4 is 11.6 Å². The summed E-state index contributed by atoms with van der Waals surface area (Å²) in [6.45, 7) is 0. The molecular formula is C7H15ClN2. The molecule has 0 unspecified atom stereocenters. The minimum absolute atomic E-state index is 0.243. The molecule has 3 N–H and O–H groups in total. The molecule has 0 bridgehead atoms. The highest BCUT2D eigenvalue weighted by molar-refractivity contribution is 6.21. The molecule has 0 radical (unpaired) electrons. The highest BCUT2D eigenvalue weighted by Crippen LogP contribution is 2.21. The Labute approximate surface area is 67.1 Å². The third kappa shape index (κ3) is 2.11. The van der Waals surface area contributed by atoms with Crippen LogP contribution in [0, 0.1) is 0 Å². The molecule has 0 heterocycles. The third-order valence-electron chi connectivity index (χ3n) is 2.15. The van der Waals surface area contributed by atoms with E-state index in [0.717, 1.165) is 12.8 Å². The highest BCUT2D eigenvalue weighted by atomic mass is 35.5. The normalized spacial score (nSPS) is 35.4. The Balaban J connectivity index is 2.35. The van der Waals surface area contributed by atoms with E-state index in [-0.39, 0.29) is 5.38 Å². The van der Waals surface area contributed by atoms with Crippen LogP contribution in [-0.4, -0.2) is 11.4 Å². The second-order valence-corrected chi connectivity index (χ2v) is 3.49. The van der Waals surface area contributed by atoms with Gasteiger partial charge in [0, 0.05) is 6.04 Å². The van der Waals surface area contributed by atoms with Gasteiger partial charge in [0.05, 0.1) is 5.38 Å². The molecular weight excluding hydrogens is 148 g/mol. The molecule has 1 aliphatic rings. The number of hydrogen-bond donors (Lipinski definition) is 2. The first kappa shape index (κ1) is 8.31. The molecule has 1 aliphatic carbocycles. The van der Waals surface area contributed by atoms with Crippen molar-refractivity contribution in [2.24, 2.45) is 5.84 Å². The Morgan fingerprint density at radius 1 is 1.20 bits per heavy atom. The third-order valence-corrected chi connectivity index (χ3v) is 2.67. The Kier molecular flexibility index (Phi) is 3.46. The number of nitrogens with two attached hydrogens (primary N) is 1. The van der Waals surface area contributed by atoms with Gasteiger partial charge in [0.25, 0.3) is 0 Å². The van der Waals surface area contributed by atoms with Crippen molar-refractivity contribution < 1.29 is 0 Å². The standard InChI is InChI=1S/C7H15ClN2/c8-6-4-2-1-3-5-7(6)10-9/h6-7,10H,1-5,9H2/t6-,7-/m0/s1. The van der Waals surface area contributed by atoms with E-state index in [1.54, 1.807) is 0 Å². The van der Waals surface area contributed by atoms with Crippen LogP contribution in [0.1, 0.15) is 32.1 Å². The smallest absolute Gasteiger partial charge is 0.0502 e. The van der Waals surface area contributed by atoms with Crippen LogP contribution in [0.25, 0.3) is 0 Å². The number of hydrazine groups is 1. The molecule has 0 aromatic heterocycles. The topological polar surface area (TPSA) is 38.0 Å². The molecule has 0 spiro atoms. The molecule has 0 amide bonds. The summed E-state index contributed by atoms with van der Waals surface area (Å²) in [6, 6.07) is 0.337. The zero-order chi connectivity index (χ0) is 7.40. The van der Waals surface area contributed by atoms with Crippen LogP contribution in [0.2, 0.25) is 0 Å². The SMILES string of the molecule is NN[C@H]1CCCCC[C@@H]1Cl. The molecule has 3 heteroatoms. The minimum Gasteiger partial charge on any atom is -0.271 e. The predicted molar refractivity (Wildman–Crippen MR) is 43.8 cm³/mol. The first-order chi connectivity index (χ1) is 4.84. The van der Waals surface area contributed by atoms with E-state index in [9.17, 15) is 0 Å². The van der Waals surface area contributed by atoms with E-state index in [0.29, 0.717) is 6.04 Å². The molecule has 1 rings (SSSR count). The lowest BCUT2D eigenvalue weighted by Crippen LogP contribution is -2.40. The van der Waals surface area contributed by atoms with Crippen molar-refractivity contribution in [1.29, 1.82) is 0 Å². The largest absolute Gasteiger partial charge is 0.271 e. The van der Waals surface area contributed by atoms with E-state index in [1.165, 1.54) is 19.3 Å². The molecule has 2 nitrogen and oxygen atoms in total. The molecule has 0 saturated heterocycles. The van der Waals surface area contributed by atoms with Crippen LogP contribution in [-0.2, 0) is 0 Å². The molecule has 1 fully saturated rings. The summed E-state index contributed by atoms with van der Waals surface area (Å²) in [6.07, 6.45) is 6.06. The first-order valence-electron chi connectivity index (χ1n) is 3.95. The molecule has 0 aromatic carbocycles. The van der Waals surface area contributed by atoms with Gasteiger partial charge in [0.15, 0.2) is 0 Å². The lowest BCUT2D eigenvalue weighted by molar-refractivity contribution is 0.478. The summed E-state index contributed by atoms with van der Waals surface area (Å²) in [5.74, 6) is 5.33. The fraction of sp³-hybridized carbons (Fsp3) is 1.00. The van der Waals surface area contributed by atoms with Crippen LogP contribution in [0.3, 0.4) is 0 Å². The number of nitrogens with one attached hydrogen (secondary N) is 1. The van der Waals surface area contributed by atoms with Gasteiger partial charge in [-0.1, -0.05) is 19.3 Å². The second-order valence-electron chi connectivity index (χ2n) is 2.93. The Morgan fingerprint density at radius 3 is 2.60 bits per heavy atom. The van der Waals surface area contributed by atoms with Gasteiger partial charge < -0.3 is 0 Å². The average molecular weight is 163 g/mol. The number of halogens is 1. The van der Waals surface area contributed by atoms with E-state index in [4.69, 9.17) is 17.4 Å². The van der Waals surface area contributed by atoms with Crippen LogP contribution in [0.5, 0.6) is 0 Å². The lowest BCUT2D eigenvalue weighted by Gasteiger charge is -2.17. The zero-order valence-electron chi connectivity index (χ0n) is 6.15. The Bertz CT molecular complexity index is 97.6. The van der Waals surface area contributed by atoms with Gasteiger partial charge in [-0.05, 0) is 12.8 Å². The molecule has 0 aromatic rings. The Hall–Kier alpha value is 0.210. The number of alkyl halides is 1. The van der Waals surface area contributed by atoms with Gasteiger partial charge in [0.1, 0.15) is 0 Å². The van der Waals surface area contributed by atoms with Crippen molar-refractivity contribution in [2.45, 2.75) is 43.5 Å². The van der Waals surface area contributed by atoms with Crippen molar-refractivity contribution in [1.82, 2.24) is 5.43 Å². The van der Waals surface area contributed by atoms with E-state index >= 15 is 0 Å². The van der Waals surface area contributed by atoms with Crippen molar-refractivity contribution in [2.75, 3.05) is 0 Å². The molecule has 2 atom stereocenters. The maximum atomic E-state index is 6.04. The van der Waals surface area contributed by atoms with Gasteiger partial charge in [0.2, 0.25) is 0 Å². The van der Waals surface area contributed by atoms with Crippen molar-refractivity contribution in [3.63, 3.8) is 0 Å². The van der Waals surface area contributed by atoms with E-state index < -0.39 is 0 Å². The van der Waals surface area contributed by atoms with Crippen LogP contribution in [0.4, 0.5) is 0 Å². The zero-order valence-corrected chi connectivity index (χ0v) is 6.90. The van der Waals surface area contributed by atoms with Crippen LogP contribution in [0.15, 0.2) is 0 Å². The van der Waals surface area contributed by atoms with Gasteiger partial charge in [-0.15, -0.1) is 11.6 Å². The summed E-state index contributed by atoms with van der Waals surface area (Å²) in [5.41, 5.74) is 2.76. The number of rotatable bonds is 1. The summed E-state index contributed by atoms with van der Waals surface area (Å²) >= 11 is 6.04. The van der Waals surface area contributed by atoms with Crippen molar-refractivity contribution in [3.05, 3.63) is 0 Å². The summed E-state index contributed by atoms with van der Waals surface area (Å²) in [5, 5.41) is 0.243. The van der Waals surface area contributed by atoms with Crippen LogP contribution < -0.4 is 11.3 Å². The quantitative estimate of drug-likeness (QED) is 0.265. The summed E-state index contributed by atoms with van der Waals surface area (Å²) in [4.78, 5) is 0. The Morgan fingerprint density at radius 2 is 1.90 bits per heavy atom. The van der Waals surface area contributed by atoms with Crippen LogP contribution >= 0.6 is 11.6 Å². The van der Waals surface area contributed by atoms with Gasteiger partial charge >= 0.3 is 0 Å². The first-order valence-corrected chi connectivity index (χ1v) is 4.38. The minimum atomic E-state index is 0.243. The van der Waals surface area contributed by atoms with Crippen molar-refractivity contribution in [3.8, 4) is 0 Å². The maximum Gasteiger partial charge on any atom is 0.0502 e. The monoisotopic (exact) mass is 162 g/mol. The maximum absolute atomic E-state index is 6.04. The average Bonchev–Trinajstić information content (AvgIpc) is 2.13. The van der Waals surface area contributed by atoms with Gasteiger partial charge in [-0.2, -0.15) is 0 Å². The predicted octanol–water partition coefficient (Wildman–Crippen LogP) is 1.39. The molecule has 0 aliphatic heterocycles.